The van der Waals surface area contributed by atoms with Crippen LogP contribution in [0.2, 0.25) is 0 Å². The summed E-state index contributed by atoms with van der Waals surface area (Å²) in [5, 5.41) is 23.3. The fourth-order valence-electron chi connectivity index (χ4n) is 4.64. The number of carbonyl (C=O) groups is 2. The second kappa shape index (κ2) is 12.7. The second-order valence-corrected chi connectivity index (χ2v) is 10.6. The molecule has 0 unspecified atom stereocenters. The first-order valence-electron chi connectivity index (χ1n) is 12.6. The topological polar surface area (TPSA) is 127 Å². The van der Waals surface area contributed by atoms with E-state index >= 15 is 0 Å². The predicted octanol–water partition coefficient (Wildman–Crippen LogP) is 5.10. The summed E-state index contributed by atoms with van der Waals surface area (Å²) in [5.41, 5.74) is -2.27. The lowest BCUT2D eigenvalue weighted by molar-refractivity contribution is -0.143. The van der Waals surface area contributed by atoms with E-state index in [0.717, 1.165) is 24.0 Å². The minimum absolute atomic E-state index is 0.0666. The number of amidine groups is 1. The van der Waals surface area contributed by atoms with Gasteiger partial charge in [0.1, 0.15) is 0 Å². The van der Waals surface area contributed by atoms with E-state index in [2.05, 4.69) is 20.4 Å². The van der Waals surface area contributed by atoms with Crippen molar-refractivity contribution < 1.29 is 45.8 Å². The van der Waals surface area contributed by atoms with E-state index in [4.69, 9.17) is 5.41 Å². The van der Waals surface area contributed by atoms with Gasteiger partial charge in [-0.15, -0.1) is 0 Å². The first-order valence-corrected chi connectivity index (χ1v) is 13.5. The molecule has 0 saturated carbocycles. The van der Waals surface area contributed by atoms with Gasteiger partial charge in [0.15, 0.2) is 5.17 Å². The molecule has 0 spiro atoms. The van der Waals surface area contributed by atoms with Crippen LogP contribution in [0.15, 0.2) is 46.3 Å². The van der Waals surface area contributed by atoms with Crippen LogP contribution in [-0.2, 0) is 28.4 Å². The molecule has 2 aliphatic heterocycles. The van der Waals surface area contributed by atoms with Crippen molar-refractivity contribution in [2.75, 3.05) is 25.6 Å². The van der Waals surface area contributed by atoms with Crippen LogP contribution in [0.3, 0.4) is 0 Å². The molecule has 0 aromatic heterocycles. The van der Waals surface area contributed by atoms with E-state index in [9.17, 15) is 41.0 Å². The highest BCUT2D eigenvalue weighted by Crippen LogP contribution is 2.38. The molecule has 43 heavy (non-hydrogen) atoms. The lowest BCUT2D eigenvalue weighted by Crippen LogP contribution is -2.38. The number of ether oxygens (including phenoxy) is 1. The summed E-state index contributed by atoms with van der Waals surface area (Å²) in [4.78, 5) is 30.3. The number of carbonyl (C=O) groups excluding carboxylic acids is 2. The molecule has 0 radical (unpaired) electrons. The molecule has 1 saturated heterocycles. The Morgan fingerprint density at radius 3 is 2.56 bits per heavy atom. The number of nitrogens with zero attached hydrogens (tertiary/aromatic N) is 2. The Kier molecular flexibility index (Phi) is 9.39. The predicted molar refractivity (Wildman–Crippen MR) is 148 cm³/mol. The van der Waals surface area contributed by atoms with Gasteiger partial charge in [-0.05, 0) is 59.7 Å². The highest BCUT2D eigenvalue weighted by Gasteiger charge is 2.39. The Balaban J connectivity index is 1.48. The molecule has 4 rings (SSSR count). The summed E-state index contributed by atoms with van der Waals surface area (Å²) in [5.74, 6) is -0.540. The molecule has 2 amide bonds. The molecule has 2 aromatic carbocycles. The van der Waals surface area contributed by atoms with Gasteiger partial charge in [-0.2, -0.15) is 31.3 Å². The lowest BCUT2D eigenvalue weighted by atomic mass is 10.0. The molecule has 16 heteroatoms. The molecule has 0 aliphatic carbocycles. The molecule has 0 bridgehead atoms. The van der Waals surface area contributed by atoms with E-state index in [1.165, 1.54) is 25.3 Å². The van der Waals surface area contributed by atoms with Gasteiger partial charge in [-0.25, -0.2) is 4.79 Å². The van der Waals surface area contributed by atoms with Crippen molar-refractivity contribution >= 4 is 46.9 Å². The molecule has 4 N–H and O–H groups in total. The van der Waals surface area contributed by atoms with Crippen LogP contribution in [0.5, 0.6) is 0 Å². The SMILES string of the molecule is COC(=O)N[C@@H]1C[C@H](CO)N(C2=NC(=O)/C(=C/c3ccc(NCc4ccc(C(F)(F)F)cc4C(F)(F)F)c(C=N)c3)S2)C1. The van der Waals surface area contributed by atoms with E-state index < -0.39 is 53.6 Å². The molecule has 2 heterocycles. The highest BCUT2D eigenvalue weighted by molar-refractivity contribution is 8.18. The van der Waals surface area contributed by atoms with E-state index in [0.29, 0.717) is 29.8 Å². The van der Waals surface area contributed by atoms with Gasteiger partial charge < -0.3 is 30.8 Å². The summed E-state index contributed by atoms with van der Waals surface area (Å²) in [6.45, 7) is -0.409. The van der Waals surface area contributed by atoms with Gasteiger partial charge in [-0.1, -0.05) is 12.1 Å². The van der Waals surface area contributed by atoms with Crippen molar-refractivity contribution in [1.29, 1.82) is 5.41 Å². The zero-order valence-corrected chi connectivity index (χ0v) is 23.2. The lowest BCUT2D eigenvalue weighted by Gasteiger charge is -2.23. The van der Waals surface area contributed by atoms with Crippen molar-refractivity contribution in [3.8, 4) is 0 Å². The Morgan fingerprint density at radius 2 is 1.93 bits per heavy atom. The highest BCUT2D eigenvalue weighted by atomic mass is 32.2. The van der Waals surface area contributed by atoms with E-state index in [1.807, 2.05) is 0 Å². The standard InChI is InChI=1S/C27H25F6N5O4S/c1-42-25(41)36-18-9-19(13-39)38(12-18)24-37-23(40)22(43-24)7-14-2-5-21(16(6-14)10-34)35-11-15-3-4-17(26(28,29)30)8-20(15)27(31,32)33/h2-8,10,18-19,34-35,39H,9,11-13H2,1H3,(H,36,41)/b22-7-,34-10?/t18-,19-/m1/s1. The summed E-state index contributed by atoms with van der Waals surface area (Å²) >= 11 is 1.06. The van der Waals surface area contributed by atoms with Crippen LogP contribution >= 0.6 is 11.8 Å². The molecule has 9 nitrogen and oxygen atoms in total. The van der Waals surface area contributed by atoms with Crippen molar-refractivity contribution in [2.45, 2.75) is 37.4 Å². The number of hydrogen-bond acceptors (Lipinski definition) is 8. The van der Waals surface area contributed by atoms with Crippen LogP contribution in [0.4, 0.5) is 36.8 Å². The van der Waals surface area contributed by atoms with E-state index in [-0.39, 0.29) is 34.9 Å². The number of likely N-dealkylation sites (tertiary alicyclic amines) is 1. The number of aliphatic hydroxyl groups excluding tert-OH is 1. The van der Waals surface area contributed by atoms with Gasteiger partial charge >= 0.3 is 18.4 Å². The van der Waals surface area contributed by atoms with Gasteiger partial charge in [-0.3, -0.25) is 4.79 Å². The van der Waals surface area contributed by atoms with Crippen molar-refractivity contribution in [2.24, 2.45) is 4.99 Å². The molecular weight excluding hydrogens is 604 g/mol. The molecular formula is C27H25F6N5O4S. The number of halogens is 6. The fourth-order valence-corrected chi connectivity index (χ4v) is 5.63. The Morgan fingerprint density at radius 1 is 1.19 bits per heavy atom. The summed E-state index contributed by atoms with van der Waals surface area (Å²) in [6, 6.07) is 5.21. The minimum Gasteiger partial charge on any atom is -0.453 e. The quantitative estimate of drug-likeness (QED) is 0.191. The number of rotatable bonds is 7. The zero-order valence-electron chi connectivity index (χ0n) is 22.3. The van der Waals surface area contributed by atoms with Crippen LogP contribution < -0.4 is 10.6 Å². The summed E-state index contributed by atoms with van der Waals surface area (Å²) in [7, 11) is 1.23. The number of nitrogens with one attached hydrogen (secondary N) is 3. The number of amides is 2. The summed E-state index contributed by atoms with van der Waals surface area (Å²) < 4.78 is 84.0. The van der Waals surface area contributed by atoms with Gasteiger partial charge in [0.05, 0.1) is 41.8 Å². The molecule has 1 fully saturated rings. The minimum atomic E-state index is -5.02. The Hall–Kier alpha value is -4.05. The largest absolute Gasteiger partial charge is 0.453 e. The first kappa shape index (κ1) is 31.9. The number of benzene rings is 2. The van der Waals surface area contributed by atoms with Gasteiger partial charge in [0, 0.05) is 30.6 Å². The number of methoxy groups -OCH3 is 1. The fraction of sp³-hybridized carbons (Fsp3) is 0.333. The third-order valence-electron chi connectivity index (χ3n) is 6.73. The smallest absolute Gasteiger partial charge is 0.416 e. The molecule has 2 atom stereocenters. The third-order valence-corrected chi connectivity index (χ3v) is 7.75. The number of hydrogen-bond donors (Lipinski definition) is 4. The van der Waals surface area contributed by atoms with E-state index in [1.54, 1.807) is 11.0 Å². The zero-order chi connectivity index (χ0) is 31.5. The maximum absolute atomic E-state index is 13.5. The number of anilines is 1. The average Bonchev–Trinajstić information content (AvgIpc) is 3.53. The molecule has 2 aromatic rings. The van der Waals surface area contributed by atoms with Crippen LogP contribution in [-0.4, -0.2) is 65.7 Å². The maximum Gasteiger partial charge on any atom is 0.416 e. The number of aliphatic imine (C=N–C) groups is 1. The number of alkyl halides is 6. The van der Waals surface area contributed by atoms with Crippen LogP contribution in [0.1, 0.15) is 34.2 Å². The van der Waals surface area contributed by atoms with Crippen LogP contribution in [0.25, 0.3) is 6.08 Å². The Bertz CT molecular complexity index is 1480. The van der Waals surface area contributed by atoms with Gasteiger partial charge in [0.2, 0.25) is 0 Å². The van der Waals surface area contributed by atoms with Crippen molar-refractivity contribution in [3.63, 3.8) is 0 Å². The van der Waals surface area contributed by atoms with Crippen LogP contribution in [0, 0.1) is 5.41 Å². The number of aliphatic hydroxyl groups is 1. The maximum atomic E-state index is 13.5. The first-order chi connectivity index (χ1) is 20.2. The second-order valence-electron chi connectivity index (χ2n) is 9.58. The number of thioether (sulfide) groups is 1. The average molecular weight is 630 g/mol. The monoisotopic (exact) mass is 629 g/mol. The normalized spacial score (nSPS) is 19.9. The number of alkyl carbamates (subject to hydrolysis) is 1. The van der Waals surface area contributed by atoms with Crippen molar-refractivity contribution in [3.05, 3.63) is 69.1 Å². The Labute approximate surface area is 245 Å². The van der Waals surface area contributed by atoms with Gasteiger partial charge in [0.25, 0.3) is 5.91 Å². The third kappa shape index (κ3) is 7.48. The summed E-state index contributed by atoms with van der Waals surface area (Å²) in [6.07, 6.45) is -7.71. The molecule has 2 aliphatic rings. The molecule has 230 valence electrons. The van der Waals surface area contributed by atoms with Crippen molar-refractivity contribution in [1.82, 2.24) is 10.2 Å².